The highest BCUT2D eigenvalue weighted by Gasteiger charge is 2.13. The lowest BCUT2D eigenvalue weighted by atomic mass is 10.1. The molecular weight excluding hydrogens is 354 g/mol. The zero-order chi connectivity index (χ0) is 14.7. The van der Waals surface area contributed by atoms with Crippen molar-refractivity contribution in [3.05, 3.63) is 51.8 Å². The van der Waals surface area contributed by atoms with Gasteiger partial charge in [-0.05, 0) is 33.6 Å². The van der Waals surface area contributed by atoms with Gasteiger partial charge in [-0.2, -0.15) is 0 Å². The summed E-state index contributed by atoms with van der Waals surface area (Å²) in [6.07, 6.45) is 0.267. The molecule has 2 aromatic heterocycles. The van der Waals surface area contributed by atoms with E-state index in [2.05, 4.69) is 31.4 Å². The lowest BCUT2D eigenvalue weighted by molar-refractivity contribution is -0.115. The second kappa shape index (κ2) is 6.19. The molecule has 0 bridgehead atoms. The number of hydrogen-bond acceptors (Lipinski definition) is 5. The Bertz CT molecular complexity index is 754. The van der Waals surface area contributed by atoms with Gasteiger partial charge in [0, 0.05) is 0 Å². The number of thiophene rings is 1. The fraction of sp³-hybridized carbons (Fsp3) is 0.0714. The van der Waals surface area contributed by atoms with Crippen LogP contribution < -0.4 is 5.32 Å². The normalized spacial score (nSPS) is 10.5. The number of halogens is 1. The van der Waals surface area contributed by atoms with E-state index in [1.54, 1.807) is 0 Å². The van der Waals surface area contributed by atoms with Crippen LogP contribution in [0.3, 0.4) is 0 Å². The average molecular weight is 364 g/mol. The van der Waals surface area contributed by atoms with Crippen molar-refractivity contribution >= 4 is 39.2 Å². The quantitative estimate of drug-likeness (QED) is 0.766. The molecule has 0 saturated carbocycles. The predicted octanol–water partition coefficient (Wildman–Crippen LogP) is 3.74. The standard InChI is InChI=1S/C14H10BrN3O2S/c15-11-7-6-10(21-11)13-17-18-14(20-13)16-12(19)8-9-4-2-1-3-5-9/h1-7H,8H2,(H,16,18,19). The highest BCUT2D eigenvalue weighted by molar-refractivity contribution is 9.11. The van der Waals surface area contributed by atoms with Crippen molar-refractivity contribution in [2.45, 2.75) is 6.42 Å². The van der Waals surface area contributed by atoms with Crippen molar-refractivity contribution in [2.24, 2.45) is 0 Å². The molecule has 0 spiro atoms. The molecule has 5 nitrogen and oxygen atoms in total. The Balaban J connectivity index is 1.66. The minimum atomic E-state index is -0.191. The largest absolute Gasteiger partial charge is 0.402 e. The van der Waals surface area contributed by atoms with E-state index >= 15 is 0 Å². The number of nitrogens with zero attached hydrogens (tertiary/aromatic N) is 2. The fourth-order valence-electron chi connectivity index (χ4n) is 1.75. The van der Waals surface area contributed by atoms with E-state index in [1.165, 1.54) is 11.3 Å². The molecule has 0 aliphatic rings. The molecule has 0 unspecified atom stereocenters. The predicted molar refractivity (Wildman–Crippen MR) is 84.1 cm³/mol. The molecular formula is C14H10BrN3O2S. The first-order valence-electron chi connectivity index (χ1n) is 6.14. The summed E-state index contributed by atoms with van der Waals surface area (Å²) in [5, 5.41) is 10.3. The van der Waals surface area contributed by atoms with Gasteiger partial charge in [0.05, 0.1) is 15.1 Å². The number of amides is 1. The molecule has 0 aliphatic carbocycles. The summed E-state index contributed by atoms with van der Waals surface area (Å²) in [6, 6.07) is 13.4. The fourth-order valence-corrected chi connectivity index (χ4v) is 3.05. The highest BCUT2D eigenvalue weighted by atomic mass is 79.9. The van der Waals surface area contributed by atoms with Crippen LogP contribution >= 0.6 is 27.3 Å². The lowest BCUT2D eigenvalue weighted by Crippen LogP contribution is -2.14. The van der Waals surface area contributed by atoms with Crippen LogP contribution in [-0.4, -0.2) is 16.1 Å². The van der Waals surface area contributed by atoms with Gasteiger partial charge in [-0.1, -0.05) is 35.4 Å². The van der Waals surface area contributed by atoms with Gasteiger partial charge in [-0.25, -0.2) is 0 Å². The summed E-state index contributed by atoms with van der Waals surface area (Å²) >= 11 is 4.86. The second-order valence-electron chi connectivity index (χ2n) is 4.23. The maximum absolute atomic E-state index is 11.9. The topological polar surface area (TPSA) is 68.0 Å². The van der Waals surface area contributed by atoms with E-state index < -0.39 is 0 Å². The van der Waals surface area contributed by atoms with E-state index in [9.17, 15) is 4.79 Å². The lowest BCUT2D eigenvalue weighted by Gasteiger charge is -2.00. The molecule has 0 fully saturated rings. The Kier molecular flexibility index (Phi) is 4.12. The highest BCUT2D eigenvalue weighted by Crippen LogP contribution is 2.30. The third kappa shape index (κ3) is 3.56. The van der Waals surface area contributed by atoms with Gasteiger partial charge in [-0.15, -0.1) is 16.4 Å². The third-order valence-corrected chi connectivity index (χ3v) is 4.27. The van der Waals surface area contributed by atoms with Crippen molar-refractivity contribution < 1.29 is 9.21 Å². The number of nitrogens with one attached hydrogen (secondary N) is 1. The molecule has 1 aromatic carbocycles. The van der Waals surface area contributed by atoms with E-state index in [4.69, 9.17) is 4.42 Å². The number of carbonyl (C=O) groups excluding carboxylic acids is 1. The maximum Gasteiger partial charge on any atom is 0.322 e. The number of aromatic nitrogens is 2. The molecule has 3 aromatic rings. The molecule has 2 heterocycles. The molecule has 0 radical (unpaired) electrons. The monoisotopic (exact) mass is 363 g/mol. The molecule has 0 atom stereocenters. The number of rotatable bonds is 4. The van der Waals surface area contributed by atoms with E-state index in [0.29, 0.717) is 5.89 Å². The molecule has 7 heteroatoms. The summed E-state index contributed by atoms with van der Waals surface area (Å²) < 4.78 is 6.40. The van der Waals surface area contributed by atoms with Crippen LogP contribution in [0, 0.1) is 0 Å². The summed E-state index contributed by atoms with van der Waals surface area (Å²) in [7, 11) is 0. The van der Waals surface area contributed by atoms with E-state index in [-0.39, 0.29) is 18.3 Å². The Labute approximate surface area is 133 Å². The van der Waals surface area contributed by atoms with Gasteiger partial charge >= 0.3 is 6.01 Å². The maximum atomic E-state index is 11.9. The number of benzene rings is 1. The third-order valence-electron chi connectivity index (χ3n) is 2.66. The van der Waals surface area contributed by atoms with Crippen molar-refractivity contribution in [1.82, 2.24) is 10.2 Å². The summed E-state index contributed by atoms with van der Waals surface area (Å²) in [5.74, 6) is 0.199. The van der Waals surface area contributed by atoms with Crippen LogP contribution in [0.2, 0.25) is 0 Å². The second-order valence-corrected chi connectivity index (χ2v) is 6.69. The van der Waals surface area contributed by atoms with Gasteiger partial charge in [0.1, 0.15) is 0 Å². The number of anilines is 1. The number of carbonyl (C=O) groups is 1. The van der Waals surface area contributed by atoms with Gasteiger partial charge in [0.15, 0.2) is 0 Å². The Morgan fingerprint density at radius 2 is 2.00 bits per heavy atom. The van der Waals surface area contributed by atoms with Crippen LogP contribution in [0.1, 0.15) is 5.56 Å². The van der Waals surface area contributed by atoms with Crippen molar-refractivity contribution in [1.29, 1.82) is 0 Å². The van der Waals surface area contributed by atoms with Crippen molar-refractivity contribution in [3.63, 3.8) is 0 Å². The van der Waals surface area contributed by atoms with Crippen LogP contribution in [-0.2, 0) is 11.2 Å². The summed E-state index contributed by atoms with van der Waals surface area (Å²) in [4.78, 5) is 12.7. The van der Waals surface area contributed by atoms with E-state index in [0.717, 1.165) is 14.2 Å². The van der Waals surface area contributed by atoms with Gasteiger partial charge in [0.2, 0.25) is 5.91 Å². The summed E-state index contributed by atoms with van der Waals surface area (Å²) in [5.41, 5.74) is 0.928. The molecule has 21 heavy (non-hydrogen) atoms. The van der Waals surface area contributed by atoms with Crippen LogP contribution in [0.25, 0.3) is 10.8 Å². The molecule has 3 rings (SSSR count). The Morgan fingerprint density at radius 3 is 2.71 bits per heavy atom. The molecule has 1 amide bonds. The first-order valence-corrected chi connectivity index (χ1v) is 7.74. The summed E-state index contributed by atoms with van der Waals surface area (Å²) in [6.45, 7) is 0. The van der Waals surface area contributed by atoms with Gasteiger partial charge < -0.3 is 4.42 Å². The van der Waals surface area contributed by atoms with Crippen LogP contribution in [0.4, 0.5) is 6.01 Å². The van der Waals surface area contributed by atoms with Gasteiger partial charge in [0.25, 0.3) is 5.89 Å². The molecule has 0 aliphatic heterocycles. The average Bonchev–Trinajstić information content (AvgIpc) is 3.09. The minimum Gasteiger partial charge on any atom is -0.402 e. The van der Waals surface area contributed by atoms with E-state index in [1.807, 2.05) is 42.5 Å². The van der Waals surface area contributed by atoms with Crippen molar-refractivity contribution in [3.8, 4) is 10.8 Å². The zero-order valence-electron chi connectivity index (χ0n) is 10.7. The Hall–Kier alpha value is -1.99. The van der Waals surface area contributed by atoms with Crippen LogP contribution in [0.5, 0.6) is 0 Å². The molecule has 0 saturated heterocycles. The first-order chi connectivity index (χ1) is 10.2. The Morgan fingerprint density at radius 1 is 1.19 bits per heavy atom. The van der Waals surface area contributed by atoms with Crippen molar-refractivity contribution in [2.75, 3.05) is 5.32 Å². The van der Waals surface area contributed by atoms with Gasteiger partial charge in [-0.3, -0.25) is 10.1 Å². The smallest absolute Gasteiger partial charge is 0.322 e. The zero-order valence-corrected chi connectivity index (χ0v) is 13.1. The number of hydrogen-bond donors (Lipinski definition) is 1. The minimum absolute atomic E-state index is 0.107. The first kappa shape index (κ1) is 14.0. The molecule has 1 N–H and O–H groups in total. The SMILES string of the molecule is O=C(Cc1ccccc1)Nc1nnc(-c2ccc(Br)s2)o1. The molecule has 106 valence electrons. The van der Waals surface area contributed by atoms with Crippen LogP contribution in [0.15, 0.2) is 50.7 Å².